The average molecular weight is 856 g/mol. The second kappa shape index (κ2) is 14.2. The molecule has 67 heavy (non-hydrogen) atoms. The molecule has 1 aliphatic rings. The maximum absolute atomic E-state index is 5.48. The van der Waals surface area contributed by atoms with Crippen LogP contribution in [0.3, 0.4) is 0 Å². The van der Waals surface area contributed by atoms with E-state index in [1.165, 1.54) is 44.1 Å². The molecule has 0 radical (unpaired) electrons. The Kier molecular flexibility index (Phi) is 7.97. The van der Waals surface area contributed by atoms with Gasteiger partial charge in [0.05, 0.1) is 22.1 Å². The van der Waals surface area contributed by atoms with Crippen LogP contribution >= 0.6 is 0 Å². The quantitative estimate of drug-likeness (QED) is 0.173. The second-order valence-electron chi connectivity index (χ2n) is 18.4. The monoisotopic (exact) mass is 855 g/mol. The summed E-state index contributed by atoms with van der Waals surface area (Å²) < 4.78 is 4.66. The normalized spacial score (nSPS) is 13.0. The topological polar surface area (TPSA) is 48.5 Å². The molecular weight excluding hydrogens is 815 g/mol. The van der Waals surface area contributed by atoms with Crippen molar-refractivity contribution in [2.45, 2.75) is 19.3 Å². The summed E-state index contributed by atoms with van der Waals surface area (Å²) in [5.41, 5.74) is 14.9. The first-order chi connectivity index (χ1) is 33.0. The first kappa shape index (κ1) is 37.7. The summed E-state index contributed by atoms with van der Waals surface area (Å²) >= 11 is 0. The minimum Gasteiger partial charge on any atom is -0.309 e. The fourth-order valence-corrected chi connectivity index (χ4v) is 11.2. The van der Waals surface area contributed by atoms with Crippen molar-refractivity contribution in [3.8, 4) is 56.7 Å². The number of benzene rings is 10. The molecule has 0 saturated carbocycles. The molecule has 0 saturated heterocycles. The van der Waals surface area contributed by atoms with Gasteiger partial charge < -0.3 is 4.57 Å². The van der Waals surface area contributed by atoms with E-state index in [2.05, 4.69) is 235 Å². The predicted octanol–water partition coefficient (Wildman–Crippen LogP) is 15.7. The van der Waals surface area contributed by atoms with E-state index in [1.807, 2.05) is 0 Å². The highest BCUT2D eigenvalue weighted by Gasteiger charge is 2.36. The Morgan fingerprint density at radius 3 is 1.52 bits per heavy atom. The van der Waals surface area contributed by atoms with Crippen LogP contribution in [0.2, 0.25) is 0 Å². The van der Waals surface area contributed by atoms with Crippen LogP contribution in [-0.4, -0.2) is 24.1 Å². The number of rotatable bonds is 5. The summed E-state index contributed by atoms with van der Waals surface area (Å²) in [5.74, 6) is 1.85. The Morgan fingerprint density at radius 2 is 0.836 bits per heavy atom. The van der Waals surface area contributed by atoms with Gasteiger partial charge in [-0.15, -0.1) is 0 Å². The third kappa shape index (κ3) is 5.58. The van der Waals surface area contributed by atoms with Crippen molar-refractivity contribution in [1.82, 2.24) is 24.1 Å². The minimum absolute atomic E-state index is 0.206. The van der Waals surface area contributed by atoms with E-state index in [-0.39, 0.29) is 5.41 Å². The molecule has 5 nitrogen and oxygen atoms in total. The van der Waals surface area contributed by atoms with Gasteiger partial charge in [-0.05, 0) is 110 Å². The standard InChI is InChI=1S/C62H41N5/c1-62(2)53-28-12-10-24-45(53)49-36-52-51-35-41(40-30-32-56-50(34-40)46-25-11-13-29-55(46)66(56)42-20-4-3-5-21-42)31-33-57(51)67(58(52)37-54(49)62)61-64-59(47-26-14-18-38-16-6-8-22-43(38)47)63-60(65-61)48-27-15-19-39-17-7-9-23-44(39)48/h3-37H,1-2H3. The minimum atomic E-state index is -0.206. The summed E-state index contributed by atoms with van der Waals surface area (Å²) in [6.45, 7) is 4.69. The number of aromatic nitrogens is 5. The molecule has 0 aliphatic heterocycles. The van der Waals surface area contributed by atoms with Crippen LogP contribution in [0.15, 0.2) is 212 Å². The Hall–Kier alpha value is -8.67. The molecular formula is C62H41N5. The Balaban J connectivity index is 1.05. The molecule has 0 bridgehead atoms. The fraction of sp³-hybridized carbons (Fsp3) is 0.0484. The van der Waals surface area contributed by atoms with Crippen molar-refractivity contribution in [2.75, 3.05) is 0 Å². The van der Waals surface area contributed by atoms with Gasteiger partial charge in [-0.1, -0.05) is 172 Å². The van der Waals surface area contributed by atoms with E-state index < -0.39 is 0 Å². The first-order valence-electron chi connectivity index (χ1n) is 23.0. The van der Waals surface area contributed by atoms with Crippen molar-refractivity contribution >= 4 is 65.2 Å². The number of para-hydroxylation sites is 2. The van der Waals surface area contributed by atoms with E-state index in [0.29, 0.717) is 17.6 Å². The lowest BCUT2D eigenvalue weighted by molar-refractivity contribution is 0.661. The van der Waals surface area contributed by atoms with Gasteiger partial charge in [0, 0.05) is 43.8 Å². The average Bonchev–Trinajstić information content (AvgIpc) is 3.97. The van der Waals surface area contributed by atoms with Gasteiger partial charge in [0.2, 0.25) is 5.95 Å². The van der Waals surface area contributed by atoms with E-state index >= 15 is 0 Å². The zero-order valence-corrected chi connectivity index (χ0v) is 36.9. The van der Waals surface area contributed by atoms with Crippen molar-refractivity contribution in [1.29, 1.82) is 0 Å². The van der Waals surface area contributed by atoms with Crippen molar-refractivity contribution in [3.63, 3.8) is 0 Å². The summed E-state index contributed by atoms with van der Waals surface area (Å²) in [6.07, 6.45) is 0. The van der Waals surface area contributed by atoms with Gasteiger partial charge in [0.25, 0.3) is 0 Å². The van der Waals surface area contributed by atoms with Gasteiger partial charge in [-0.3, -0.25) is 4.57 Å². The highest BCUT2D eigenvalue weighted by atomic mass is 15.2. The van der Waals surface area contributed by atoms with E-state index in [0.717, 1.165) is 71.3 Å². The van der Waals surface area contributed by atoms with Crippen LogP contribution in [0.25, 0.3) is 122 Å². The Morgan fingerprint density at radius 1 is 0.328 bits per heavy atom. The first-order valence-corrected chi connectivity index (χ1v) is 23.0. The molecule has 10 aromatic carbocycles. The molecule has 314 valence electrons. The van der Waals surface area contributed by atoms with Crippen LogP contribution in [0.5, 0.6) is 0 Å². The lowest BCUT2D eigenvalue weighted by Crippen LogP contribution is -2.15. The molecule has 0 amide bonds. The van der Waals surface area contributed by atoms with Gasteiger partial charge in [0.15, 0.2) is 11.6 Å². The summed E-state index contributed by atoms with van der Waals surface area (Å²) in [7, 11) is 0. The summed E-state index contributed by atoms with van der Waals surface area (Å²) in [5, 5.41) is 9.22. The molecule has 0 spiro atoms. The molecule has 0 N–H and O–H groups in total. The van der Waals surface area contributed by atoms with E-state index in [1.54, 1.807) is 0 Å². The van der Waals surface area contributed by atoms with Gasteiger partial charge in [0.1, 0.15) is 0 Å². The SMILES string of the molecule is CC1(C)c2ccccc2-c2cc3c4cc(-c5ccc6c(c5)c5ccccc5n6-c5ccccc5)ccc4n(-c4nc(-c5cccc6ccccc56)nc(-c5cccc6ccccc56)n4)c3cc21. The molecule has 14 rings (SSSR count). The van der Waals surface area contributed by atoms with Crippen LogP contribution in [-0.2, 0) is 5.41 Å². The third-order valence-electron chi connectivity index (χ3n) is 14.4. The molecule has 3 heterocycles. The smallest absolute Gasteiger partial charge is 0.238 e. The van der Waals surface area contributed by atoms with Gasteiger partial charge in [-0.25, -0.2) is 4.98 Å². The molecule has 0 atom stereocenters. The molecule has 3 aromatic heterocycles. The number of hydrogen-bond donors (Lipinski definition) is 0. The molecule has 1 aliphatic carbocycles. The van der Waals surface area contributed by atoms with Crippen LogP contribution < -0.4 is 0 Å². The van der Waals surface area contributed by atoms with Gasteiger partial charge >= 0.3 is 0 Å². The molecule has 0 unspecified atom stereocenters. The number of fused-ring (bicyclic) bond motifs is 11. The van der Waals surface area contributed by atoms with Gasteiger partial charge in [-0.2, -0.15) is 9.97 Å². The predicted molar refractivity (Wildman–Crippen MR) is 277 cm³/mol. The van der Waals surface area contributed by atoms with Crippen molar-refractivity contribution in [3.05, 3.63) is 223 Å². The number of hydrogen-bond acceptors (Lipinski definition) is 3. The zero-order chi connectivity index (χ0) is 44.4. The van der Waals surface area contributed by atoms with Crippen LogP contribution in [0, 0.1) is 0 Å². The highest BCUT2D eigenvalue weighted by Crippen LogP contribution is 2.51. The van der Waals surface area contributed by atoms with Crippen molar-refractivity contribution in [2.24, 2.45) is 0 Å². The lowest BCUT2D eigenvalue weighted by atomic mass is 9.82. The van der Waals surface area contributed by atoms with E-state index in [4.69, 9.17) is 15.0 Å². The zero-order valence-electron chi connectivity index (χ0n) is 36.9. The molecule has 0 fully saturated rings. The Bertz CT molecular complexity index is 4080. The van der Waals surface area contributed by atoms with Crippen molar-refractivity contribution < 1.29 is 0 Å². The molecule has 5 heteroatoms. The second-order valence-corrected chi connectivity index (χ2v) is 18.4. The maximum atomic E-state index is 5.48. The highest BCUT2D eigenvalue weighted by molar-refractivity contribution is 6.14. The Labute approximate surface area is 386 Å². The summed E-state index contributed by atoms with van der Waals surface area (Å²) in [4.78, 5) is 16.3. The fourth-order valence-electron chi connectivity index (χ4n) is 11.2. The third-order valence-corrected chi connectivity index (χ3v) is 14.4. The van der Waals surface area contributed by atoms with E-state index in [9.17, 15) is 0 Å². The van der Waals surface area contributed by atoms with Crippen LogP contribution in [0.1, 0.15) is 25.0 Å². The summed E-state index contributed by atoms with van der Waals surface area (Å²) in [6, 6.07) is 76.7. The maximum Gasteiger partial charge on any atom is 0.238 e. The largest absolute Gasteiger partial charge is 0.309 e. The van der Waals surface area contributed by atoms with Crippen LogP contribution in [0.4, 0.5) is 0 Å². The number of nitrogens with zero attached hydrogens (tertiary/aromatic N) is 5. The lowest BCUT2D eigenvalue weighted by Gasteiger charge is -2.21. The molecule has 13 aromatic rings.